The Morgan fingerprint density at radius 2 is 1.96 bits per heavy atom. The van der Waals surface area contributed by atoms with Crippen LogP contribution in [0.4, 0.5) is 8.78 Å². The molecule has 0 radical (unpaired) electrons. The summed E-state index contributed by atoms with van der Waals surface area (Å²) < 4.78 is 30.7. The van der Waals surface area contributed by atoms with E-state index in [9.17, 15) is 13.6 Å². The summed E-state index contributed by atoms with van der Waals surface area (Å²) in [6.07, 6.45) is 1.63. The maximum absolute atomic E-state index is 12.6. The summed E-state index contributed by atoms with van der Waals surface area (Å²) in [5.41, 5.74) is 1.23. The van der Waals surface area contributed by atoms with E-state index in [0.29, 0.717) is 15.5 Å². The quantitative estimate of drug-likeness (QED) is 0.597. The number of halogens is 2. The molecule has 0 atom stereocenters. The Labute approximate surface area is 156 Å². The number of thiazole rings is 1. The zero-order valence-corrected chi connectivity index (χ0v) is 14.9. The molecule has 1 heterocycles. The van der Waals surface area contributed by atoms with Crippen molar-refractivity contribution in [2.24, 2.45) is 0 Å². The summed E-state index contributed by atoms with van der Waals surface area (Å²) >= 11 is 2.50. The first-order valence-electron chi connectivity index (χ1n) is 7.49. The Hall–Kier alpha value is -2.45. The average molecular weight is 393 g/mol. The fourth-order valence-electron chi connectivity index (χ4n) is 2.23. The summed E-state index contributed by atoms with van der Waals surface area (Å²) in [6.45, 7) is -2.94. The molecule has 3 aromatic rings. The molecule has 0 saturated heterocycles. The van der Waals surface area contributed by atoms with Gasteiger partial charge in [-0.2, -0.15) is 8.78 Å². The summed E-state index contributed by atoms with van der Waals surface area (Å²) in [7, 11) is 0. The minimum atomic E-state index is -2.94. The standard InChI is InChI=1S/C18H13F2NO3S2/c19-18(20)24-13-7-3-1-5-11(13)9-15(25-10-16(22)23)17-21-12-6-2-4-8-14(12)26-17/h1-9,18H,10H2,(H,22,23)/b15-9-. The van der Waals surface area contributed by atoms with E-state index in [1.807, 2.05) is 24.3 Å². The minimum absolute atomic E-state index is 0.0250. The molecular weight excluding hydrogens is 380 g/mol. The first-order valence-corrected chi connectivity index (χ1v) is 9.29. The lowest BCUT2D eigenvalue weighted by Gasteiger charge is -2.09. The van der Waals surface area contributed by atoms with Crippen molar-refractivity contribution in [3.63, 3.8) is 0 Å². The highest BCUT2D eigenvalue weighted by Gasteiger charge is 2.14. The number of hydrogen-bond donors (Lipinski definition) is 1. The SMILES string of the molecule is O=C(O)CS/C(=C\c1ccccc1OC(F)F)c1nc2ccccc2s1. The van der Waals surface area contributed by atoms with E-state index in [0.717, 1.165) is 22.0 Å². The van der Waals surface area contributed by atoms with Crippen LogP contribution < -0.4 is 4.74 Å². The zero-order chi connectivity index (χ0) is 18.5. The molecule has 2 aromatic carbocycles. The van der Waals surface area contributed by atoms with E-state index in [1.165, 1.54) is 17.4 Å². The van der Waals surface area contributed by atoms with Gasteiger partial charge < -0.3 is 9.84 Å². The topological polar surface area (TPSA) is 59.4 Å². The van der Waals surface area contributed by atoms with Gasteiger partial charge in [0.1, 0.15) is 10.8 Å². The van der Waals surface area contributed by atoms with Crippen LogP contribution in [-0.4, -0.2) is 28.4 Å². The number of carbonyl (C=O) groups is 1. The fourth-order valence-corrected chi connectivity index (χ4v) is 4.06. The lowest BCUT2D eigenvalue weighted by atomic mass is 10.2. The second-order valence-corrected chi connectivity index (χ2v) is 7.14. The molecule has 0 unspecified atom stereocenters. The molecule has 0 aliphatic heterocycles. The van der Waals surface area contributed by atoms with Gasteiger partial charge in [0.2, 0.25) is 0 Å². The van der Waals surface area contributed by atoms with Crippen LogP contribution in [0, 0.1) is 0 Å². The highest BCUT2D eigenvalue weighted by atomic mass is 32.2. The molecule has 26 heavy (non-hydrogen) atoms. The predicted molar refractivity (Wildman–Crippen MR) is 101 cm³/mol. The summed E-state index contributed by atoms with van der Waals surface area (Å²) in [5, 5.41) is 9.63. The van der Waals surface area contributed by atoms with E-state index in [-0.39, 0.29) is 11.5 Å². The number of para-hydroxylation sites is 2. The van der Waals surface area contributed by atoms with E-state index in [2.05, 4.69) is 9.72 Å². The molecule has 0 bridgehead atoms. The second-order valence-electron chi connectivity index (χ2n) is 5.09. The third-order valence-electron chi connectivity index (χ3n) is 3.28. The smallest absolute Gasteiger partial charge is 0.387 e. The summed E-state index contributed by atoms with van der Waals surface area (Å²) in [4.78, 5) is 16.1. The molecule has 0 spiro atoms. The first-order chi connectivity index (χ1) is 12.5. The number of rotatable bonds is 7. The van der Waals surface area contributed by atoms with Crippen LogP contribution in [0.1, 0.15) is 10.6 Å². The van der Waals surface area contributed by atoms with Crippen molar-refractivity contribution in [3.05, 3.63) is 59.1 Å². The second kappa shape index (κ2) is 8.29. The van der Waals surface area contributed by atoms with Crippen molar-refractivity contribution in [1.82, 2.24) is 4.98 Å². The molecular formula is C18H13F2NO3S2. The van der Waals surface area contributed by atoms with Gasteiger partial charge in [-0.25, -0.2) is 4.98 Å². The Bertz CT molecular complexity index is 923. The zero-order valence-electron chi connectivity index (χ0n) is 13.3. The molecule has 0 amide bonds. The highest BCUT2D eigenvalue weighted by molar-refractivity contribution is 8.09. The predicted octanol–water partition coefficient (Wildman–Crippen LogP) is 5.21. The van der Waals surface area contributed by atoms with Crippen LogP contribution in [0.15, 0.2) is 48.5 Å². The van der Waals surface area contributed by atoms with E-state index < -0.39 is 12.6 Å². The van der Waals surface area contributed by atoms with E-state index in [1.54, 1.807) is 24.3 Å². The normalized spacial score (nSPS) is 11.9. The number of alkyl halides is 2. The van der Waals surface area contributed by atoms with Crippen LogP contribution >= 0.6 is 23.1 Å². The Kier molecular flexibility index (Phi) is 5.85. The summed E-state index contributed by atoms with van der Waals surface area (Å²) in [6, 6.07) is 13.9. The van der Waals surface area contributed by atoms with Crippen molar-refractivity contribution in [2.45, 2.75) is 6.61 Å². The van der Waals surface area contributed by atoms with Gasteiger partial charge in [-0.3, -0.25) is 4.79 Å². The third kappa shape index (κ3) is 4.59. The lowest BCUT2D eigenvalue weighted by molar-refractivity contribution is -0.133. The molecule has 0 saturated carbocycles. The molecule has 3 rings (SSSR count). The molecule has 0 aliphatic carbocycles. The third-order valence-corrected chi connectivity index (χ3v) is 5.49. The minimum Gasteiger partial charge on any atom is -0.481 e. The molecule has 4 nitrogen and oxygen atoms in total. The number of nitrogens with zero attached hydrogens (tertiary/aromatic N) is 1. The van der Waals surface area contributed by atoms with Crippen molar-refractivity contribution in [3.8, 4) is 5.75 Å². The van der Waals surface area contributed by atoms with Crippen LogP contribution in [0.3, 0.4) is 0 Å². The number of fused-ring (bicyclic) bond motifs is 1. The van der Waals surface area contributed by atoms with Gasteiger partial charge in [-0.15, -0.1) is 23.1 Å². The lowest BCUT2D eigenvalue weighted by Crippen LogP contribution is -2.03. The van der Waals surface area contributed by atoms with Crippen LogP contribution in [0.2, 0.25) is 0 Å². The van der Waals surface area contributed by atoms with E-state index >= 15 is 0 Å². The summed E-state index contributed by atoms with van der Waals surface area (Å²) in [5.74, 6) is -1.12. The number of aliphatic carboxylic acids is 1. The maximum Gasteiger partial charge on any atom is 0.387 e. The van der Waals surface area contributed by atoms with Crippen molar-refractivity contribution in [2.75, 3.05) is 5.75 Å². The number of carboxylic acids is 1. The molecule has 8 heteroatoms. The highest BCUT2D eigenvalue weighted by Crippen LogP contribution is 2.36. The van der Waals surface area contributed by atoms with Crippen LogP contribution in [0.5, 0.6) is 5.75 Å². The Morgan fingerprint density at radius 1 is 1.23 bits per heavy atom. The van der Waals surface area contributed by atoms with Gasteiger partial charge in [-0.1, -0.05) is 30.3 Å². The molecule has 1 aromatic heterocycles. The number of benzene rings is 2. The molecule has 0 fully saturated rings. The van der Waals surface area contributed by atoms with Gasteiger partial charge in [0.15, 0.2) is 0 Å². The Balaban J connectivity index is 2.03. The molecule has 0 aliphatic rings. The van der Waals surface area contributed by atoms with Gasteiger partial charge >= 0.3 is 12.6 Å². The largest absolute Gasteiger partial charge is 0.481 e. The molecule has 1 N–H and O–H groups in total. The monoisotopic (exact) mass is 393 g/mol. The first kappa shape index (κ1) is 18.3. The van der Waals surface area contributed by atoms with Gasteiger partial charge in [0.25, 0.3) is 0 Å². The van der Waals surface area contributed by atoms with Crippen molar-refractivity contribution >= 4 is 50.3 Å². The van der Waals surface area contributed by atoms with Gasteiger partial charge in [-0.05, 0) is 24.3 Å². The van der Waals surface area contributed by atoms with Crippen molar-refractivity contribution in [1.29, 1.82) is 0 Å². The number of ether oxygens (including phenoxy) is 1. The van der Waals surface area contributed by atoms with Crippen LogP contribution in [0.25, 0.3) is 21.2 Å². The molecule has 134 valence electrons. The number of aromatic nitrogens is 1. The fraction of sp³-hybridized carbons (Fsp3) is 0.111. The van der Waals surface area contributed by atoms with Crippen molar-refractivity contribution < 1.29 is 23.4 Å². The number of carboxylic acid groups (broad SMARTS) is 1. The average Bonchev–Trinajstić information content (AvgIpc) is 3.03. The maximum atomic E-state index is 12.6. The van der Waals surface area contributed by atoms with Gasteiger partial charge in [0.05, 0.1) is 16.0 Å². The van der Waals surface area contributed by atoms with Crippen LogP contribution in [-0.2, 0) is 4.79 Å². The van der Waals surface area contributed by atoms with E-state index in [4.69, 9.17) is 5.11 Å². The number of thioether (sulfide) groups is 1. The Morgan fingerprint density at radius 3 is 2.69 bits per heavy atom. The van der Waals surface area contributed by atoms with Gasteiger partial charge in [0, 0.05) is 10.5 Å². The number of hydrogen-bond acceptors (Lipinski definition) is 5.